The van der Waals surface area contributed by atoms with Gasteiger partial charge < -0.3 is 15.0 Å². The number of amides is 1. The van der Waals surface area contributed by atoms with Crippen LogP contribution in [0.15, 0.2) is 42.6 Å². The van der Waals surface area contributed by atoms with Crippen molar-refractivity contribution in [2.75, 3.05) is 17.3 Å². The summed E-state index contributed by atoms with van der Waals surface area (Å²) in [6.45, 7) is 3.96. The van der Waals surface area contributed by atoms with Gasteiger partial charge in [-0.1, -0.05) is 18.2 Å². The third-order valence-electron chi connectivity index (χ3n) is 4.14. The minimum atomic E-state index is -0.334. The van der Waals surface area contributed by atoms with Crippen LogP contribution in [0, 0.1) is 0 Å². The molecule has 0 bridgehead atoms. The number of hydrogen-bond donors (Lipinski definition) is 1. The van der Waals surface area contributed by atoms with E-state index in [1.807, 2.05) is 36.1 Å². The second-order valence-corrected chi connectivity index (χ2v) is 5.85. The van der Waals surface area contributed by atoms with E-state index in [0.717, 1.165) is 17.8 Å². The minimum Gasteiger partial charge on any atom is -0.481 e. The molecule has 2 atom stereocenters. The molecule has 0 saturated carbocycles. The number of benzene rings is 1. The van der Waals surface area contributed by atoms with E-state index in [1.54, 1.807) is 19.4 Å². The highest BCUT2D eigenvalue weighted by atomic mass is 16.5. The van der Waals surface area contributed by atoms with Crippen LogP contribution in [0.2, 0.25) is 0 Å². The molecular weight excluding hydrogens is 290 g/mol. The lowest BCUT2D eigenvalue weighted by Crippen LogP contribution is -2.44. The molecule has 1 aliphatic rings. The van der Waals surface area contributed by atoms with Gasteiger partial charge >= 0.3 is 0 Å². The fourth-order valence-electron chi connectivity index (χ4n) is 3.01. The van der Waals surface area contributed by atoms with Crippen molar-refractivity contribution in [1.29, 1.82) is 0 Å². The third-order valence-corrected chi connectivity index (χ3v) is 4.14. The fraction of sp³-hybridized carbons (Fsp3) is 0.333. The second kappa shape index (κ2) is 6.28. The van der Waals surface area contributed by atoms with Crippen LogP contribution < -0.4 is 15.0 Å². The molecule has 0 aliphatic carbocycles. The number of hydrogen-bond acceptors (Lipinski definition) is 4. The summed E-state index contributed by atoms with van der Waals surface area (Å²) in [5.74, 6) is 0.620. The zero-order chi connectivity index (χ0) is 16.4. The molecule has 1 amide bonds. The number of carbonyl (C=O) groups excluding carboxylic acids is 1. The normalized spacial score (nSPS) is 17.5. The van der Waals surface area contributed by atoms with Crippen LogP contribution in [0.1, 0.15) is 19.4 Å². The van der Waals surface area contributed by atoms with Crippen molar-refractivity contribution < 1.29 is 9.53 Å². The summed E-state index contributed by atoms with van der Waals surface area (Å²) >= 11 is 0. The van der Waals surface area contributed by atoms with E-state index in [0.29, 0.717) is 5.88 Å². The molecule has 2 aromatic rings. The quantitative estimate of drug-likeness (QED) is 0.943. The molecule has 0 radical (unpaired) electrons. The van der Waals surface area contributed by atoms with Crippen LogP contribution in [0.5, 0.6) is 5.88 Å². The maximum absolute atomic E-state index is 12.9. The van der Waals surface area contributed by atoms with Gasteiger partial charge in [-0.05, 0) is 38.0 Å². The highest BCUT2D eigenvalue weighted by Gasteiger charge is 2.32. The van der Waals surface area contributed by atoms with Gasteiger partial charge in [0.2, 0.25) is 11.8 Å². The summed E-state index contributed by atoms with van der Waals surface area (Å²) in [4.78, 5) is 18.9. The number of aromatic nitrogens is 1. The summed E-state index contributed by atoms with van der Waals surface area (Å²) in [7, 11) is 1.58. The van der Waals surface area contributed by atoms with Gasteiger partial charge in [-0.2, -0.15) is 0 Å². The Balaban J connectivity index is 1.74. The number of pyridine rings is 1. The SMILES string of the molecule is COc1ccc(NC(C)C(=O)N2c3ccccc3CC2C)cn1. The molecule has 0 fully saturated rings. The Hall–Kier alpha value is -2.56. The predicted octanol–water partition coefficient (Wildman–Crippen LogP) is 2.87. The Bertz CT molecular complexity index is 700. The Morgan fingerprint density at radius 2 is 2.13 bits per heavy atom. The van der Waals surface area contributed by atoms with Crippen molar-refractivity contribution in [2.24, 2.45) is 0 Å². The monoisotopic (exact) mass is 311 g/mol. The molecule has 3 rings (SSSR count). The van der Waals surface area contributed by atoms with E-state index in [4.69, 9.17) is 4.74 Å². The van der Waals surface area contributed by atoms with Gasteiger partial charge in [0.15, 0.2) is 0 Å². The summed E-state index contributed by atoms with van der Waals surface area (Å²) < 4.78 is 5.04. The highest BCUT2D eigenvalue weighted by molar-refractivity contribution is 6.00. The summed E-state index contributed by atoms with van der Waals surface area (Å²) in [6, 6.07) is 11.6. The molecule has 0 saturated heterocycles. The van der Waals surface area contributed by atoms with Gasteiger partial charge in [0.05, 0.1) is 19.0 Å². The van der Waals surface area contributed by atoms with Crippen molar-refractivity contribution in [3.8, 4) is 5.88 Å². The zero-order valence-corrected chi connectivity index (χ0v) is 13.6. The average Bonchev–Trinajstić information content (AvgIpc) is 2.90. The standard InChI is InChI=1S/C18H21N3O2/c1-12-10-14-6-4-5-7-16(14)21(12)18(22)13(2)20-15-8-9-17(23-3)19-11-15/h4-9,11-13,20H,10H2,1-3H3. The summed E-state index contributed by atoms with van der Waals surface area (Å²) in [6.07, 6.45) is 2.57. The molecule has 1 aromatic carbocycles. The van der Waals surface area contributed by atoms with Crippen LogP contribution in [-0.4, -0.2) is 30.1 Å². The van der Waals surface area contributed by atoms with Gasteiger partial charge in [0.25, 0.3) is 0 Å². The smallest absolute Gasteiger partial charge is 0.249 e. The number of nitrogens with zero attached hydrogens (tertiary/aromatic N) is 2. The molecule has 2 heterocycles. The highest BCUT2D eigenvalue weighted by Crippen LogP contribution is 2.32. The van der Waals surface area contributed by atoms with Gasteiger partial charge in [0.1, 0.15) is 6.04 Å². The number of para-hydroxylation sites is 1. The fourth-order valence-corrected chi connectivity index (χ4v) is 3.01. The number of nitrogens with one attached hydrogen (secondary N) is 1. The molecule has 1 N–H and O–H groups in total. The first-order valence-electron chi connectivity index (χ1n) is 7.77. The number of carbonyl (C=O) groups is 1. The van der Waals surface area contributed by atoms with Crippen molar-refractivity contribution >= 4 is 17.3 Å². The lowest BCUT2D eigenvalue weighted by Gasteiger charge is -2.27. The Kier molecular flexibility index (Phi) is 4.19. The largest absolute Gasteiger partial charge is 0.481 e. The third kappa shape index (κ3) is 2.99. The van der Waals surface area contributed by atoms with Crippen LogP contribution in [-0.2, 0) is 11.2 Å². The molecule has 120 valence electrons. The number of anilines is 2. The number of ether oxygens (including phenoxy) is 1. The molecule has 5 nitrogen and oxygen atoms in total. The van der Waals surface area contributed by atoms with Crippen LogP contribution in [0.3, 0.4) is 0 Å². The first-order chi connectivity index (χ1) is 11.1. The zero-order valence-electron chi connectivity index (χ0n) is 13.6. The van der Waals surface area contributed by atoms with Crippen LogP contribution in [0.4, 0.5) is 11.4 Å². The van der Waals surface area contributed by atoms with Crippen molar-refractivity contribution in [1.82, 2.24) is 4.98 Å². The topological polar surface area (TPSA) is 54.5 Å². The summed E-state index contributed by atoms with van der Waals surface area (Å²) in [5.41, 5.74) is 3.05. The Morgan fingerprint density at radius 1 is 1.35 bits per heavy atom. The van der Waals surface area contributed by atoms with E-state index in [-0.39, 0.29) is 18.0 Å². The van der Waals surface area contributed by atoms with Gasteiger partial charge in [-0.25, -0.2) is 4.98 Å². The number of fused-ring (bicyclic) bond motifs is 1. The lowest BCUT2D eigenvalue weighted by atomic mass is 10.1. The first-order valence-corrected chi connectivity index (χ1v) is 7.77. The Labute approximate surface area is 136 Å². The number of methoxy groups -OCH3 is 1. The van der Waals surface area contributed by atoms with Gasteiger partial charge in [-0.3, -0.25) is 4.79 Å². The first kappa shape index (κ1) is 15.3. The molecule has 1 aliphatic heterocycles. The average molecular weight is 311 g/mol. The molecular formula is C18H21N3O2. The maximum Gasteiger partial charge on any atom is 0.249 e. The van der Waals surface area contributed by atoms with Crippen LogP contribution >= 0.6 is 0 Å². The van der Waals surface area contributed by atoms with Crippen molar-refractivity contribution in [2.45, 2.75) is 32.4 Å². The van der Waals surface area contributed by atoms with E-state index in [2.05, 4.69) is 23.3 Å². The van der Waals surface area contributed by atoms with E-state index < -0.39 is 0 Å². The predicted molar refractivity (Wildman–Crippen MR) is 91.0 cm³/mol. The molecule has 1 aromatic heterocycles. The maximum atomic E-state index is 12.9. The van der Waals surface area contributed by atoms with Crippen LogP contribution in [0.25, 0.3) is 0 Å². The van der Waals surface area contributed by atoms with E-state index in [9.17, 15) is 4.79 Å². The molecule has 2 unspecified atom stereocenters. The van der Waals surface area contributed by atoms with E-state index in [1.165, 1.54) is 5.56 Å². The second-order valence-electron chi connectivity index (χ2n) is 5.85. The van der Waals surface area contributed by atoms with E-state index >= 15 is 0 Å². The summed E-state index contributed by atoms with van der Waals surface area (Å²) in [5, 5.41) is 3.21. The van der Waals surface area contributed by atoms with Gasteiger partial charge in [-0.15, -0.1) is 0 Å². The minimum absolute atomic E-state index is 0.0678. The Morgan fingerprint density at radius 3 is 2.83 bits per heavy atom. The van der Waals surface area contributed by atoms with Gasteiger partial charge in [0, 0.05) is 17.8 Å². The molecule has 0 spiro atoms. The molecule has 5 heteroatoms. The molecule has 23 heavy (non-hydrogen) atoms. The van der Waals surface area contributed by atoms with Crippen molar-refractivity contribution in [3.63, 3.8) is 0 Å². The van der Waals surface area contributed by atoms with Crippen molar-refractivity contribution in [3.05, 3.63) is 48.2 Å². The number of rotatable bonds is 4. The lowest BCUT2D eigenvalue weighted by molar-refractivity contribution is -0.119.